The number of rotatable bonds is 3. The zero-order valence-corrected chi connectivity index (χ0v) is 12.1. The number of H-pyrrole nitrogens is 1. The molecule has 0 aliphatic carbocycles. The highest BCUT2D eigenvalue weighted by Gasteiger charge is 2.22. The molecule has 0 spiro atoms. The van der Waals surface area contributed by atoms with Crippen molar-refractivity contribution in [3.8, 4) is 5.69 Å². The van der Waals surface area contributed by atoms with E-state index < -0.39 is 14.3 Å². The fourth-order valence-corrected chi connectivity index (χ4v) is 2.27. The summed E-state index contributed by atoms with van der Waals surface area (Å²) in [5, 5.41) is 2.77. The van der Waals surface area contributed by atoms with Gasteiger partial charge in [-0.15, -0.1) is 0 Å². The summed E-state index contributed by atoms with van der Waals surface area (Å²) in [5.74, 6) is -0.481. The molecule has 0 bridgehead atoms. The number of aromatic amines is 1. The standard InChI is InChI=1S/C13H16N2O3Si/c1-19(2,3)18-13(17)11-9-12(16)15(14-11)10-7-5-4-6-8-10/h4-9,14H,1-3H3. The molecule has 0 saturated heterocycles. The second kappa shape index (κ2) is 4.89. The first-order chi connectivity index (χ1) is 8.87. The van der Waals surface area contributed by atoms with Gasteiger partial charge in [0.05, 0.1) is 5.69 Å². The molecule has 0 aliphatic heterocycles. The number of nitrogens with one attached hydrogen (secondary N) is 1. The van der Waals surface area contributed by atoms with Crippen molar-refractivity contribution in [3.63, 3.8) is 0 Å². The lowest BCUT2D eigenvalue weighted by Crippen LogP contribution is -2.29. The van der Waals surface area contributed by atoms with Crippen LogP contribution in [0.1, 0.15) is 10.5 Å². The molecule has 1 aromatic carbocycles. The van der Waals surface area contributed by atoms with E-state index in [0.717, 1.165) is 0 Å². The number of carbonyl (C=O) groups is 1. The van der Waals surface area contributed by atoms with Crippen molar-refractivity contribution < 1.29 is 9.22 Å². The Kier molecular flexibility index (Phi) is 3.43. The van der Waals surface area contributed by atoms with Crippen molar-refractivity contribution in [2.24, 2.45) is 0 Å². The minimum atomic E-state index is -1.97. The Morgan fingerprint density at radius 3 is 2.42 bits per heavy atom. The molecule has 0 saturated carbocycles. The molecule has 0 fully saturated rings. The summed E-state index contributed by atoms with van der Waals surface area (Å²) in [5.41, 5.74) is 0.574. The van der Waals surface area contributed by atoms with Crippen LogP contribution in [0, 0.1) is 0 Å². The van der Waals surface area contributed by atoms with E-state index in [2.05, 4.69) is 5.10 Å². The summed E-state index contributed by atoms with van der Waals surface area (Å²) in [6.07, 6.45) is 0. The molecule has 5 nitrogen and oxygen atoms in total. The van der Waals surface area contributed by atoms with Crippen molar-refractivity contribution in [2.75, 3.05) is 0 Å². The molecule has 1 aromatic heterocycles. The Labute approximate surface area is 111 Å². The molecule has 0 aliphatic rings. The molecule has 1 heterocycles. The number of hydrogen-bond donors (Lipinski definition) is 1. The van der Waals surface area contributed by atoms with Gasteiger partial charge >= 0.3 is 5.97 Å². The van der Waals surface area contributed by atoms with Gasteiger partial charge in [-0.3, -0.25) is 9.89 Å². The maximum absolute atomic E-state index is 11.9. The Bertz CT molecular complexity index is 638. The van der Waals surface area contributed by atoms with Crippen LogP contribution >= 0.6 is 0 Å². The van der Waals surface area contributed by atoms with E-state index >= 15 is 0 Å². The third-order valence-electron chi connectivity index (χ3n) is 2.35. The minimum Gasteiger partial charge on any atom is -0.515 e. The van der Waals surface area contributed by atoms with E-state index in [1.54, 1.807) is 12.1 Å². The topological polar surface area (TPSA) is 64.1 Å². The molecule has 1 N–H and O–H groups in total. The van der Waals surface area contributed by atoms with E-state index in [0.29, 0.717) is 5.69 Å². The van der Waals surface area contributed by atoms with Crippen LogP contribution in [0.15, 0.2) is 41.2 Å². The molecular weight excluding hydrogens is 260 g/mol. The van der Waals surface area contributed by atoms with Gasteiger partial charge < -0.3 is 4.43 Å². The molecule has 0 amide bonds. The van der Waals surface area contributed by atoms with Gasteiger partial charge in [0.15, 0.2) is 0 Å². The first-order valence-corrected chi connectivity index (χ1v) is 9.38. The average molecular weight is 276 g/mol. The van der Waals surface area contributed by atoms with Crippen LogP contribution in [0.3, 0.4) is 0 Å². The summed E-state index contributed by atoms with van der Waals surface area (Å²) >= 11 is 0. The lowest BCUT2D eigenvalue weighted by Gasteiger charge is -2.16. The quantitative estimate of drug-likeness (QED) is 0.874. The van der Waals surface area contributed by atoms with E-state index in [-0.39, 0.29) is 11.3 Å². The maximum Gasteiger partial charge on any atom is 0.343 e. The number of carbonyl (C=O) groups excluding carboxylic acids is 1. The second-order valence-corrected chi connectivity index (χ2v) is 9.61. The predicted octanol–water partition coefficient (Wildman–Crippen LogP) is 2.16. The lowest BCUT2D eigenvalue weighted by atomic mass is 10.3. The number of nitrogens with zero attached hydrogens (tertiary/aromatic N) is 1. The Morgan fingerprint density at radius 1 is 1.21 bits per heavy atom. The first-order valence-electron chi connectivity index (χ1n) is 5.98. The summed E-state index contributed by atoms with van der Waals surface area (Å²) in [4.78, 5) is 23.7. The van der Waals surface area contributed by atoms with E-state index in [9.17, 15) is 9.59 Å². The summed E-state index contributed by atoms with van der Waals surface area (Å²) in [6, 6.07) is 10.3. The molecular formula is C13H16N2O3Si. The molecule has 6 heteroatoms. The number of hydrogen-bond acceptors (Lipinski definition) is 3. The molecule has 2 aromatic rings. The zero-order chi connectivity index (χ0) is 14.0. The molecule has 19 heavy (non-hydrogen) atoms. The van der Waals surface area contributed by atoms with Crippen molar-refractivity contribution in [1.82, 2.24) is 9.78 Å². The average Bonchev–Trinajstić information content (AvgIpc) is 2.70. The largest absolute Gasteiger partial charge is 0.515 e. The van der Waals surface area contributed by atoms with E-state index in [1.165, 1.54) is 10.7 Å². The molecule has 0 atom stereocenters. The van der Waals surface area contributed by atoms with Gasteiger partial charge in [0.2, 0.25) is 8.32 Å². The Balaban J connectivity index is 2.32. The van der Waals surface area contributed by atoms with Crippen LogP contribution in [0.4, 0.5) is 0 Å². The van der Waals surface area contributed by atoms with Crippen LogP contribution in [0.2, 0.25) is 19.6 Å². The van der Waals surface area contributed by atoms with Gasteiger partial charge in [-0.05, 0) is 31.8 Å². The van der Waals surface area contributed by atoms with Gasteiger partial charge in [-0.1, -0.05) is 18.2 Å². The molecule has 100 valence electrons. The molecule has 0 radical (unpaired) electrons. The third kappa shape index (κ3) is 3.23. The first kappa shape index (κ1) is 13.4. The van der Waals surface area contributed by atoms with Gasteiger partial charge in [-0.2, -0.15) is 0 Å². The van der Waals surface area contributed by atoms with Crippen molar-refractivity contribution in [1.29, 1.82) is 0 Å². The van der Waals surface area contributed by atoms with Gasteiger partial charge in [0, 0.05) is 6.07 Å². The van der Waals surface area contributed by atoms with Gasteiger partial charge in [-0.25, -0.2) is 9.48 Å². The Morgan fingerprint density at radius 2 is 1.84 bits per heavy atom. The summed E-state index contributed by atoms with van der Waals surface area (Å²) in [7, 11) is -1.97. The fourth-order valence-electron chi connectivity index (χ4n) is 1.60. The predicted molar refractivity (Wildman–Crippen MR) is 75.2 cm³/mol. The SMILES string of the molecule is C[Si](C)(C)OC(=O)c1cc(=O)n(-c2ccccc2)[nH]1. The molecule has 0 unspecified atom stereocenters. The normalized spacial score (nSPS) is 11.3. The van der Waals surface area contributed by atoms with Gasteiger partial charge in [0.1, 0.15) is 5.69 Å². The van der Waals surface area contributed by atoms with Crippen LogP contribution in [-0.4, -0.2) is 24.1 Å². The minimum absolute atomic E-state index is 0.177. The van der Waals surface area contributed by atoms with Crippen LogP contribution in [0.25, 0.3) is 5.69 Å². The maximum atomic E-state index is 11.9. The summed E-state index contributed by atoms with van der Waals surface area (Å²) in [6.45, 7) is 5.74. The third-order valence-corrected chi connectivity index (χ3v) is 3.15. The monoisotopic (exact) mass is 276 g/mol. The highest BCUT2D eigenvalue weighted by molar-refractivity contribution is 6.71. The summed E-state index contributed by atoms with van der Waals surface area (Å²) < 4.78 is 6.66. The highest BCUT2D eigenvalue weighted by Crippen LogP contribution is 2.08. The Hall–Kier alpha value is -2.08. The number of aromatic nitrogens is 2. The second-order valence-electron chi connectivity index (χ2n) is 5.18. The van der Waals surface area contributed by atoms with Crippen LogP contribution in [-0.2, 0) is 4.43 Å². The van der Waals surface area contributed by atoms with Crippen molar-refractivity contribution >= 4 is 14.3 Å². The van der Waals surface area contributed by atoms with Crippen LogP contribution < -0.4 is 5.56 Å². The van der Waals surface area contributed by atoms with E-state index in [4.69, 9.17) is 4.43 Å². The fraction of sp³-hybridized carbons (Fsp3) is 0.231. The van der Waals surface area contributed by atoms with E-state index in [1.807, 2.05) is 37.8 Å². The molecule has 2 rings (SSSR count). The van der Waals surface area contributed by atoms with Crippen molar-refractivity contribution in [3.05, 3.63) is 52.4 Å². The van der Waals surface area contributed by atoms with Gasteiger partial charge in [0.25, 0.3) is 5.56 Å². The lowest BCUT2D eigenvalue weighted by molar-refractivity contribution is 0.0718. The number of benzene rings is 1. The number of para-hydroxylation sites is 1. The zero-order valence-electron chi connectivity index (χ0n) is 11.1. The van der Waals surface area contributed by atoms with Crippen LogP contribution in [0.5, 0.6) is 0 Å². The highest BCUT2D eigenvalue weighted by atomic mass is 28.4. The van der Waals surface area contributed by atoms with Crippen molar-refractivity contribution in [2.45, 2.75) is 19.6 Å². The smallest absolute Gasteiger partial charge is 0.343 e.